The first-order valence-corrected chi connectivity index (χ1v) is 28.9. The second-order valence-corrected chi connectivity index (χ2v) is 20.3. The van der Waals surface area contributed by atoms with E-state index in [0.29, 0.717) is 106 Å². The number of benzene rings is 1. The molecule has 1 unspecified atom stereocenters. The van der Waals surface area contributed by atoms with Crippen molar-refractivity contribution in [2.45, 2.75) is 77.4 Å². The van der Waals surface area contributed by atoms with Crippen molar-refractivity contribution in [2.75, 3.05) is 233 Å². The number of carboxylic acids is 1. The summed E-state index contributed by atoms with van der Waals surface area (Å²) in [5.41, 5.74) is -1.93. The maximum absolute atomic E-state index is 13.6. The van der Waals surface area contributed by atoms with E-state index in [4.69, 9.17) is 99.5 Å². The van der Waals surface area contributed by atoms with Gasteiger partial charge < -0.3 is 121 Å². The van der Waals surface area contributed by atoms with Gasteiger partial charge in [-0.2, -0.15) is 0 Å². The van der Waals surface area contributed by atoms with Crippen LogP contribution in [0.15, 0.2) is 12.1 Å². The summed E-state index contributed by atoms with van der Waals surface area (Å²) in [7, 11) is 6.36. The topological polar surface area (TPSA) is 318 Å². The minimum atomic E-state index is -1.31. The first-order valence-electron chi connectivity index (χ1n) is 28.9. The summed E-state index contributed by atoms with van der Waals surface area (Å²) in [6.07, 6.45) is -3.28. The fraction of sp³-hybridized carbons (Fsp3) is 0.825. The highest BCUT2D eigenvalue weighted by molar-refractivity contribution is 5.89. The van der Waals surface area contributed by atoms with Gasteiger partial charge in [-0.3, -0.25) is 4.79 Å². The van der Waals surface area contributed by atoms with Crippen LogP contribution in [0.2, 0.25) is 0 Å². The van der Waals surface area contributed by atoms with Crippen LogP contribution in [0.4, 0.5) is 9.59 Å². The van der Waals surface area contributed by atoms with E-state index in [1.807, 2.05) is 0 Å². The van der Waals surface area contributed by atoms with E-state index in [2.05, 4.69) is 16.0 Å². The number of carbonyl (C=O) groups is 4. The van der Waals surface area contributed by atoms with Gasteiger partial charge in [0.05, 0.1) is 204 Å². The summed E-state index contributed by atoms with van der Waals surface area (Å²) < 4.78 is 119. The number of aromatic carboxylic acids is 1. The molecule has 29 nitrogen and oxygen atoms in total. The number of nitrogens with one attached hydrogen (secondary N) is 3. The Morgan fingerprint density at radius 1 is 0.430 bits per heavy atom. The molecule has 0 aliphatic carbocycles. The van der Waals surface area contributed by atoms with Crippen molar-refractivity contribution in [1.82, 2.24) is 16.0 Å². The van der Waals surface area contributed by atoms with E-state index in [0.717, 1.165) is 0 Å². The number of carbonyl (C=O) groups excluding carboxylic acids is 3. The first kappa shape index (κ1) is 79.5. The van der Waals surface area contributed by atoms with Gasteiger partial charge in [0, 0.05) is 35.0 Å². The Bertz CT molecular complexity index is 1720. The van der Waals surface area contributed by atoms with Gasteiger partial charge in [-0.1, -0.05) is 0 Å². The summed E-state index contributed by atoms with van der Waals surface area (Å²) in [5.74, 6) is -2.07. The van der Waals surface area contributed by atoms with E-state index in [1.54, 1.807) is 70.0 Å². The van der Waals surface area contributed by atoms with Crippen molar-refractivity contribution in [3.8, 4) is 17.2 Å². The molecule has 0 fully saturated rings. The molecule has 1 aromatic carbocycles. The molecule has 86 heavy (non-hydrogen) atoms. The zero-order chi connectivity index (χ0) is 63.4. The van der Waals surface area contributed by atoms with Gasteiger partial charge in [0.1, 0.15) is 29.5 Å². The lowest BCUT2D eigenvalue weighted by Crippen LogP contribution is -2.54. The summed E-state index contributed by atoms with van der Waals surface area (Å²) in [6.45, 7) is 17.3. The standard InChI is InChI=1S/C57H103N3O26/c1-56(2,3)85-54(64)59-40-48(60-55(65)86-57(4,5)6)52(61)58-12-11-13-82-51-49(83-46(41-78-34-30-74-26-22-70-18-14-66-7)42-79-35-31-75-27-23-71-19-15-67-8)38-45(53(62)63)39-50(51)84-47(43-80-36-32-76-28-24-72-20-16-68-9)44-81-37-33-77-29-25-73-21-17-69-10/h38-39,46-48H,11-37,40-44H2,1-10H3,(H,58,61)(H,59,64)(H,60,65)(H,62,63). The largest absolute Gasteiger partial charge is 0.486 e. The molecule has 0 saturated carbocycles. The molecular formula is C57H103N3O26. The van der Waals surface area contributed by atoms with Crippen LogP contribution in [0.5, 0.6) is 17.2 Å². The number of rotatable bonds is 58. The molecule has 0 aliphatic heterocycles. The number of methoxy groups -OCH3 is 4. The number of hydrogen-bond donors (Lipinski definition) is 4. The van der Waals surface area contributed by atoms with Gasteiger partial charge in [-0.25, -0.2) is 14.4 Å². The Labute approximate surface area is 508 Å². The summed E-state index contributed by atoms with van der Waals surface area (Å²) in [5, 5.41) is 18.3. The lowest BCUT2D eigenvalue weighted by molar-refractivity contribution is -0.123. The van der Waals surface area contributed by atoms with Crippen molar-refractivity contribution in [1.29, 1.82) is 0 Å². The van der Waals surface area contributed by atoms with Crippen LogP contribution < -0.4 is 30.2 Å². The summed E-state index contributed by atoms with van der Waals surface area (Å²) >= 11 is 0. The monoisotopic (exact) mass is 1250 g/mol. The molecule has 0 radical (unpaired) electrons. The predicted octanol–water partition coefficient (Wildman–Crippen LogP) is 2.97. The number of amides is 3. The van der Waals surface area contributed by atoms with Crippen molar-refractivity contribution >= 4 is 24.1 Å². The van der Waals surface area contributed by atoms with E-state index < -0.39 is 53.5 Å². The molecule has 4 N–H and O–H groups in total. The van der Waals surface area contributed by atoms with Crippen LogP contribution >= 0.6 is 0 Å². The Kier molecular flexibility index (Phi) is 48.4. The smallest absolute Gasteiger partial charge is 0.408 e. The Morgan fingerprint density at radius 3 is 1.06 bits per heavy atom. The highest BCUT2D eigenvalue weighted by Crippen LogP contribution is 2.40. The minimum Gasteiger partial charge on any atom is -0.486 e. The van der Waals surface area contributed by atoms with E-state index >= 15 is 0 Å². The average molecular weight is 1250 g/mol. The molecular weight excluding hydrogens is 1140 g/mol. The molecule has 0 bridgehead atoms. The number of carboxylic acid groups (broad SMARTS) is 1. The molecule has 0 aromatic heterocycles. The fourth-order valence-electron chi connectivity index (χ4n) is 6.54. The van der Waals surface area contributed by atoms with Crippen molar-refractivity contribution in [3.63, 3.8) is 0 Å². The third kappa shape index (κ3) is 46.6. The Morgan fingerprint density at radius 2 is 0.744 bits per heavy atom. The maximum Gasteiger partial charge on any atom is 0.408 e. The van der Waals surface area contributed by atoms with Crippen molar-refractivity contribution in [3.05, 3.63) is 17.7 Å². The zero-order valence-corrected chi connectivity index (χ0v) is 52.7. The number of ether oxygens (including phenoxy) is 21. The van der Waals surface area contributed by atoms with E-state index in [9.17, 15) is 24.3 Å². The van der Waals surface area contributed by atoms with Gasteiger partial charge in [-0.15, -0.1) is 0 Å². The van der Waals surface area contributed by atoms with Crippen LogP contribution in [0.1, 0.15) is 58.3 Å². The van der Waals surface area contributed by atoms with Gasteiger partial charge in [-0.05, 0) is 60.1 Å². The molecule has 0 saturated heterocycles. The van der Waals surface area contributed by atoms with Gasteiger partial charge >= 0.3 is 18.2 Å². The molecule has 0 spiro atoms. The van der Waals surface area contributed by atoms with Gasteiger partial charge in [0.15, 0.2) is 11.5 Å². The van der Waals surface area contributed by atoms with E-state index in [1.165, 1.54) is 12.1 Å². The summed E-state index contributed by atoms with van der Waals surface area (Å²) in [4.78, 5) is 51.9. The Balaban J connectivity index is 3.60. The van der Waals surface area contributed by atoms with Gasteiger partial charge in [0.2, 0.25) is 11.7 Å². The van der Waals surface area contributed by atoms with Crippen LogP contribution in [0, 0.1) is 0 Å². The second kappa shape index (κ2) is 52.4. The van der Waals surface area contributed by atoms with Crippen LogP contribution in [0.25, 0.3) is 0 Å². The maximum atomic E-state index is 13.6. The molecule has 0 heterocycles. The lowest BCUT2D eigenvalue weighted by Gasteiger charge is -2.25. The predicted molar refractivity (Wildman–Crippen MR) is 310 cm³/mol. The lowest BCUT2D eigenvalue weighted by atomic mass is 10.1. The number of hydrogen-bond acceptors (Lipinski definition) is 25. The average Bonchev–Trinajstić information content (AvgIpc) is 1.28. The second-order valence-electron chi connectivity index (χ2n) is 20.3. The Hall–Kier alpha value is -4.54. The van der Waals surface area contributed by atoms with Crippen LogP contribution in [0.3, 0.4) is 0 Å². The quantitative estimate of drug-likeness (QED) is 0.0681. The highest BCUT2D eigenvalue weighted by atomic mass is 16.6. The van der Waals surface area contributed by atoms with Crippen LogP contribution in [-0.2, 0) is 90.1 Å². The normalized spacial score (nSPS) is 12.1. The highest BCUT2D eigenvalue weighted by Gasteiger charge is 2.28. The van der Waals surface area contributed by atoms with Crippen molar-refractivity contribution < 1.29 is 124 Å². The minimum absolute atomic E-state index is 0.00260. The SMILES string of the molecule is COCCOCCOCCOCC(COCCOCCOCCOC)Oc1cc(C(=O)O)cc(OC(COCCOCCOCCOC)COCCOCCOCCOC)c1OCCCNC(=O)C(CNC(=O)OC(C)(C)C)NC(=O)OC(C)(C)C. The fourth-order valence-corrected chi connectivity index (χ4v) is 6.54. The number of alkyl carbamates (subject to hydrolysis) is 2. The summed E-state index contributed by atoms with van der Waals surface area (Å²) in [6, 6.07) is 1.30. The third-order valence-corrected chi connectivity index (χ3v) is 10.5. The zero-order valence-electron chi connectivity index (χ0n) is 52.7. The molecule has 1 aromatic rings. The van der Waals surface area contributed by atoms with Crippen molar-refractivity contribution in [2.24, 2.45) is 0 Å². The molecule has 502 valence electrons. The van der Waals surface area contributed by atoms with Crippen LogP contribution in [-0.4, -0.2) is 292 Å². The van der Waals surface area contributed by atoms with Gasteiger partial charge in [0.25, 0.3) is 0 Å². The first-order chi connectivity index (χ1) is 41.4. The molecule has 1 atom stereocenters. The molecule has 3 amide bonds. The molecule has 29 heteroatoms. The molecule has 1 rings (SSSR count). The van der Waals surface area contributed by atoms with E-state index in [-0.39, 0.29) is 128 Å². The third-order valence-electron chi connectivity index (χ3n) is 10.5. The molecule has 0 aliphatic rings.